The van der Waals surface area contributed by atoms with Crippen LogP contribution in [0.4, 0.5) is 0 Å². The minimum atomic E-state index is -0.411. The van der Waals surface area contributed by atoms with Gasteiger partial charge in [0.15, 0.2) is 0 Å². The van der Waals surface area contributed by atoms with Crippen molar-refractivity contribution in [1.29, 1.82) is 0 Å². The molecule has 0 bridgehead atoms. The Morgan fingerprint density at radius 3 is 2.50 bits per heavy atom. The lowest BCUT2D eigenvalue weighted by Crippen LogP contribution is -2.36. The van der Waals surface area contributed by atoms with E-state index in [9.17, 15) is 10.2 Å². The van der Waals surface area contributed by atoms with Crippen LogP contribution in [0.5, 0.6) is 0 Å². The van der Waals surface area contributed by atoms with Gasteiger partial charge in [0.1, 0.15) is 0 Å². The molecule has 0 spiro atoms. The van der Waals surface area contributed by atoms with E-state index in [1.54, 1.807) is 0 Å². The van der Waals surface area contributed by atoms with Crippen LogP contribution in [-0.2, 0) is 4.74 Å². The van der Waals surface area contributed by atoms with E-state index < -0.39 is 6.10 Å². The minimum Gasteiger partial charge on any atom is -0.396 e. The van der Waals surface area contributed by atoms with Crippen LogP contribution in [0, 0.1) is 11.8 Å². The van der Waals surface area contributed by atoms with Crippen LogP contribution in [0.15, 0.2) is 0 Å². The van der Waals surface area contributed by atoms with Crippen molar-refractivity contribution in [2.45, 2.75) is 63.6 Å². The van der Waals surface area contributed by atoms with E-state index in [0.29, 0.717) is 37.7 Å². The fraction of sp³-hybridized carbons (Fsp3) is 1.00. The summed E-state index contributed by atoms with van der Waals surface area (Å²) in [5.74, 6) is 1.03. The summed E-state index contributed by atoms with van der Waals surface area (Å²) >= 11 is 0. The highest BCUT2D eigenvalue weighted by molar-refractivity contribution is 4.79. The van der Waals surface area contributed by atoms with Crippen LogP contribution >= 0.6 is 0 Å². The molecule has 2 aliphatic rings. The maximum atomic E-state index is 9.94. The van der Waals surface area contributed by atoms with Gasteiger partial charge in [-0.15, -0.1) is 0 Å². The van der Waals surface area contributed by atoms with Gasteiger partial charge in [-0.2, -0.15) is 0 Å². The van der Waals surface area contributed by atoms with E-state index in [4.69, 9.17) is 4.74 Å². The second kappa shape index (κ2) is 8.98. The molecule has 4 heteroatoms. The van der Waals surface area contributed by atoms with Crippen LogP contribution < -0.4 is 5.32 Å². The number of hydrogen-bond donors (Lipinski definition) is 3. The first-order chi connectivity index (χ1) is 9.79. The highest BCUT2D eigenvalue weighted by Crippen LogP contribution is 2.30. The molecule has 0 heterocycles. The molecule has 2 fully saturated rings. The third kappa shape index (κ3) is 5.32. The van der Waals surface area contributed by atoms with E-state index in [-0.39, 0.29) is 0 Å². The molecule has 4 nitrogen and oxygen atoms in total. The molecule has 0 aromatic carbocycles. The van der Waals surface area contributed by atoms with Gasteiger partial charge >= 0.3 is 0 Å². The van der Waals surface area contributed by atoms with Gasteiger partial charge in [-0.05, 0) is 44.1 Å². The predicted octanol–water partition coefficient (Wildman–Crippen LogP) is 1.69. The van der Waals surface area contributed by atoms with Crippen molar-refractivity contribution in [2.75, 3.05) is 26.3 Å². The Morgan fingerprint density at radius 2 is 1.75 bits per heavy atom. The van der Waals surface area contributed by atoms with Crippen LogP contribution in [0.25, 0.3) is 0 Å². The smallest absolute Gasteiger partial charge is 0.0897 e. The van der Waals surface area contributed by atoms with Crippen LogP contribution in [0.1, 0.15) is 51.4 Å². The number of ether oxygens (including phenoxy) is 1. The minimum absolute atomic E-state index is 0.305. The molecule has 3 unspecified atom stereocenters. The average Bonchev–Trinajstić information content (AvgIpc) is 2.94. The predicted molar refractivity (Wildman–Crippen MR) is 79.6 cm³/mol. The van der Waals surface area contributed by atoms with Crippen molar-refractivity contribution in [3.05, 3.63) is 0 Å². The number of hydrogen-bond acceptors (Lipinski definition) is 4. The number of nitrogens with one attached hydrogen (secondary N) is 1. The summed E-state index contributed by atoms with van der Waals surface area (Å²) in [6.45, 7) is 2.26. The molecule has 0 saturated heterocycles. The molecular weight excluding hydrogens is 254 g/mol. The third-order valence-electron chi connectivity index (χ3n) is 4.91. The van der Waals surface area contributed by atoms with Crippen molar-refractivity contribution in [2.24, 2.45) is 11.8 Å². The van der Waals surface area contributed by atoms with Gasteiger partial charge < -0.3 is 20.3 Å². The quantitative estimate of drug-likeness (QED) is 0.635. The Hall–Kier alpha value is -0.160. The van der Waals surface area contributed by atoms with E-state index in [1.165, 1.54) is 32.1 Å². The molecular formula is C16H31NO3. The molecule has 118 valence electrons. The Bertz CT molecular complexity index is 256. The Balaban J connectivity index is 1.52. The van der Waals surface area contributed by atoms with Gasteiger partial charge in [-0.1, -0.05) is 25.7 Å². The molecule has 3 N–H and O–H groups in total. The molecule has 0 amide bonds. The van der Waals surface area contributed by atoms with Gasteiger partial charge in [0.05, 0.1) is 18.8 Å². The maximum Gasteiger partial charge on any atom is 0.0897 e. The SMILES string of the molecule is OCC1CCCC1CNCC(O)COC1CCCCC1. The standard InChI is InChI=1S/C16H31NO3/c18-11-14-6-4-5-13(14)9-17-10-15(19)12-20-16-7-2-1-3-8-16/h13-19H,1-12H2. The topological polar surface area (TPSA) is 61.7 Å². The van der Waals surface area contributed by atoms with Gasteiger partial charge in [0.25, 0.3) is 0 Å². The van der Waals surface area contributed by atoms with Gasteiger partial charge in [0.2, 0.25) is 0 Å². The summed E-state index contributed by atoms with van der Waals surface area (Å²) in [5.41, 5.74) is 0. The van der Waals surface area contributed by atoms with Gasteiger partial charge in [0, 0.05) is 13.2 Å². The van der Waals surface area contributed by atoms with Crippen LogP contribution in [-0.4, -0.2) is 48.7 Å². The fourth-order valence-electron chi connectivity index (χ4n) is 3.60. The van der Waals surface area contributed by atoms with E-state index in [2.05, 4.69) is 5.32 Å². The van der Waals surface area contributed by atoms with E-state index >= 15 is 0 Å². The zero-order valence-electron chi connectivity index (χ0n) is 12.6. The van der Waals surface area contributed by atoms with Crippen molar-refractivity contribution in [3.8, 4) is 0 Å². The molecule has 0 aliphatic heterocycles. The van der Waals surface area contributed by atoms with Crippen molar-refractivity contribution < 1.29 is 14.9 Å². The van der Waals surface area contributed by atoms with Crippen molar-refractivity contribution >= 4 is 0 Å². The van der Waals surface area contributed by atoms with E-state index in [1.807, 2.05) is 0 Å². The molecule has 20 heavy (non-hydrogen) atoms. The highest BCUT2D eigenvalue weighted by Gasteiger charge is 2.26. The number of aliphatic hydroxyl groups is 2. The maximum absolute atomic E-state index is 9.94. The molecule has 2 aliphatic carbocycles. The number of rotatable bonds is 8. The lowest BCUT2D eigenvalue weighted by Gasteiger charge is -2.24. The number of aliphatic hydroxyl groups excluding tert-OH is 2. The molecule has 3 atom stereocenters. The molecule has 0 radical (unpaired) electrons. The first-order valence-electron chi connectivity index (χ1n) is 8.41. The summed E-state index contributed by atoms with van der Waals surface area (Å²) in [5, 5.41) is 22.6. The van der Waals surface area contributed by atoms with Crippen LogP contribution in [0.3, 0.4) is 0 Å². The first kappa shape index (κ1) is 16.2. The fourth-order valence-corrected chi connectivity index (χ4v) is 3.60. The molecule has 2 rings (SSSR count). The Labute approximate surface area is 122 Å². The third-order valence-corrected chi connectivity index (χ3v) is 4.91. The van der Waals surface area contributed by atoms with Gasteiger partial charge in [-0.3, -0.25) is 0 Å². The van der Waals surface area contributed by atoms with Crippen LogP contribution in [0.2, 0.25) is 0 Å². The van der Waals surface area contributed by atoms with Gasteiger partial charge in [-0.25, -0.2) is 0 Å². The summed E-state index contributed by atoms with van der Waals surface area (Å²) in [6, 6.07) is 0. The molecule has 0 aromatic rings. The molecule has 2 saturated carbocycles. The van der Waals surface area contributed by atoms with Crippen molar-refractivity contribution in [1.82, 2.24) is 5.32 Å². The summed E-state index contributed by atoms with van der Waals surface area (Å²) in [7, 11) is 0. The first-order valence-corrected chi connectivity index (χ1v) is 8.41. The summed E-state index contributed by atoms with van der Waals surface area (Å²) in [4.78, 5) is 0. The second-order valence-electron chi connectivity index (χ2n) is 6.54. The van der Waals surface area contributed by atoms with Crippen molar-refractivity contribution in [3.63, 3.8) is 0 Å². The largest absolute Gasteiger partial charge is 0.396 e. The zero-order chi connectivity index (χ0) is 14.2. The van der Waals surface area contributed by atoms with E-state index in [0.717, 1.165) is 25.8 Å². The lowest BCUT2D eigenvalue weighted by atomic mass is 9.97. The summed E-state index contributed by atoms with van der Waals surface area (Å²) < 4.78 is 5.78. The lowest BCUT2D eigenvalue weighted by molar-refractivity contribution is -0.0232. The Kier molecular flexibility index (Phi) is 7.28. The average molecular weight is 285 g/mol. The highest BCUT2D eigenvalue weighted by atomic mass is 16.5. The zero-order valence-corrected chi connectivity index (χ0v) is 12.6. The second-order valence-corrected chi connectivity index (χ2v) is 6.54. The monoisotopic (exact) mass is 285 g/mol. The Morgan fingerprint density at radius 1 is 1.00 bits per heavy atom. The normalized spacial score (nSPS) is 29.7. The molecule has 0 aromatic heterocycles. The summed E-state index contributed by atoms with van der Waals surface area (Å²) in [6.07, 6.45) is 9.71.